The number of halogens is 1. The fourth-order valence-corrected chi connectivity index (χ4v) is 2.10. The molecule has 0 bridgehead atoms. The van der Waals surface area contributed by atoms with Gasteiger partial charge in [-0.25, -0.2) is 4.39 Å². The van der Waals surface area contributed by atoms with Gasteiger partial charge in [0.05, 0.1) is 5.60 Å². The molecular formula is C11H10FLiO3. The van der Waals surface area contributed by atoms with Crippen LogP contribution in [-0.4, -0.2) is 11.1 Å². The van der Waals surface area contributed by atoms with E-state index in [0.717, 1.165) is 5.56 Å². The molecule has 0 heterocycles. The molecule has 16 heavy (non-hydrogen) atoms. The Morgan fingerprint density at radius 3 is 2.88 bits per heavy atom. The van der Waals surface area contributed by atoms with E-state index in [4.69, 9.17) is 0 Å². The zero-order valence-corrected chi connectivity index (χ0v) is 9.00. The van der Waals surface area contributed by atoms with Gasteiger partial charge in [0.15, 0.2) is 0 Å². The molecular weight excluding hydrogens is 206 g/mol. The van der Waals surface area contributed by atoms with Gasteiger partial charge in [-0.05, 0) is 36.1 Å². The van der Waals surface area contributed by atoms with Gasteiger partial charge in [0, 0.05) is 12.4 Å². The summed E-state index contributed by atoms with van der Waals surface area (Å²) in [5.41, 5.74) is -0.275. The summed E-state index contributed by atoms with van der Waals surface area (Å²) in [5, 5.41) is 20.5. The third-order valence-electron chi connectivity index (χ3n) is 2.82. The van der Waals surface area contributed by atoms with Gasteiger partial charge in [0.1, 0.15) is 5.82 Å². The first-order valence-electron chi connectivity index (χ1n) is 4.72. The number of rotatable bonds is 2. The molecule has 0 saturated carbocycles. The smallest absolute Gasteiger partial charge is 0.550 e. The predicted molar refractivity (Wildman–Crippen MR) is 48.2 cm³/mol. The minimum atomic E-state index is -1.46. The van der Waals surface area contributed by atoms with Gasteiger partial charge >= 0.3 is 18.9 Å². The normalized spacial score (nSPS) is 22.4. The van der Waals surface area contributed by atoms with Crippen LogP contribution in [0, 0.1) is 5.82 Å². The van der Waals surface area contributed by atoms with Crippen LogP contribution in [0.5, 0.6) is 0 Å². The van der Waals surface area contributed by atoms with Gasteiger partial charge in [0.25, 0.3) is 0 Å². The summed E-state index contributed by atoms with van der Waals surface area (Å²) < 4.78 is 13.0. The van der Waals surface area contributed by atoms with Crippen LogP contribution >= 0.6 is 0 Å². The molecule has 0 amide bonds. The van der Waals surface area contributed by atoms with E-state index in [1.165, 1.54) is 12.1 Å². The molecule has 1 aromatic rings. The Kier molecular flexibility index (Phi) is 3.79. The first-order chi connectivity index (χ1) is 7.01. The van der Waals surface area contributed by atoms with Crippen molar-refractivity contribution in [3.8, 4) is 0 Å². The molecule has 1 N–H and O–H groups in total. The molecule has 1 unspecified atom stereocenters. The zero-order chi connectivity index (χ0) is 11.1. The summed E-state index contributed by atoms with van der Waals surface area (Å²) in [6.07, 6.45) is 0.391. The average Bonchev–Trinajstić information content (AvgIpc) is 2.43. The van der Waals surface area contributed by atoms with Crippen LogP contribution in [0.1, 0.15) is 24.0 Å². The quantitative estimate of drug-likeness (QED) is 0.540. The summed E-state index contributed by atoms with van der Waals surface area (Å²) in [7, 11) is 0. The predicted octanol–water partition coefficient (Wildman–Crippen LogP) is -2.90. The third kappa shape index (κ3) is 2.30. The van der Waals surface area contributed by atoms with Crippen LogP contribution in [-0.2, 0) is 16.8 Å². The summed E-state index contributed by atoms with van der Waals surface area (Å²) in [6.45, 7) is 0. The van der Waals surface area contributed by atoms with Gasteiger partial charge in [-0.2, -0.15) is 0 Å². The van der Waals surface area contributed by atoms with Crippen LogP contribution in [0.15, 0.2) is 18.2 Å². The number of carboxylic acid groups (broad SMARTS) is 1. The Balaban J connectivity index is 0.00000128. The molecule has 1 aliphatic rings. The maximum absolute atomic E-state index is 13.0. The number of hydrogen-bond donors (Lipinski definition) is 1. The second-order valence-corrected chi connectivity index (χ2v) is 3.88. The molecule has 80 valence electrons. The van der Waals surface area contributed by atoms with E-state index in [-0.39, 0.29) is 18.9 Å². The summed E-state index contributed by atoms with van der Waals surface area (Å²) in [6, 6.07) is 4.09. The molecule has 0 saturated heterocycles. The Labute approximate surface area is 104 Å². The van der Waals surface area contributed by atoms with Crippen LogP contribution in [0.4, 0.5) is 4.39 Å². The molecule has 5 heteroatoms. The molecule has 3 nitrogen and oxygen atoms in total. The van der Waals surface area contributed by atoms with E-state index in [1.54, 1.807) is 6.07 Å². The molecule has 2 rings (SSSR count). The van der Waals surface area contributed by atoms with Gasteiger partial charge in [0.2, 0.25) is 0 Å². The van der Waals surface area contributed by atoms with Crippen molar-refractivity contribution in [1.82, 2.24) is 0 Å². The second kappa shape index (κ2) is 4.58. The number of fused-ring (bicyclic) bond motifs is 1. The number of aliphatic hydroxyl groups is 1. The van der Waals surface area contributed by atoms with E-state index >= 15 is 0 Å². The molecule has 0 spiro atoms. The van der Waals surface area contributed by atoms with E-state index < -0.39 is 23.8 Å². The Morgan fingerprint density at radius 1 is 1.56 bits per heavy atom. The summed E-state index contributed by atoms with van der Waals surface area (Å²) in [5.74, 6) is -1.79. The molecule has 1 atom stereocenters. The van der Waals surface area contributed by atoms with Crippen molar-refractivity contribution in [2.45, 2.75) is 24.9 Å². The number of hydrogen-bond acceptors (Lipinski definition) is 3. The van der Waals surface area contributed by atoms with Crippen LogP contribution < -0.4 is 24.0 Å². The van der Waals surface area contributed by atoms with E-state index in [0.29, 0.717) is 18.4 Å². The first kappa shape index (κ1) is 13.2. The number of carbonyl (C=O) groups excluding carboxylic acids is 1. The number of carbonyl (C=O) groups is 1. The Morgan fingerprint density at radius 2 is 2.25 bits per heavy atom. The molecule has 0 aliphatic heterocycles. The van der Waals surface area contributed by atoms with Crippen molar-refractivity contribution < 1.29 is 38.3 Å². The van der Waals surface area contributed by atoms with Crippen LogP contribution in [0.25, 0.3) is 0 Å². The molecule has 0 fully saturated rings. The fourth-order valence-electron chi connectivity index (χ4n) is 2.10. The Hall–Kier alpha value is -0.823. The number of carboxylic acids is 1. The minimum Gasteiger partial charge on any atom is -0.550 e. The van der Waals surface area contributed by atoms with Crippen LogP contribution in [0.3, 0.4) is 0 Å². The Bertz CT molecular complexity index is 422. The van der Waals surface area contributed by atoms with Crippen molar-refractivity contribution in [2.75, 3.05) is 0 Å². The van der Waals surface area contributed by atoms with Gasteiger partial charge in [-0.1, -0.05) is 6.07 Å². The molecule has 1 aliphatic carbocycles. The van der Waals surface area contributed by atoms with E-state index in [2.05, 4.69) is 0 Å². The molecule has 0 aromatic heterocycles. The second-order valence-electron chi connectivity index (χ2n) is 3.88. The van der Waals surface area contributed by atoms with E-state index in [9.17, 15) is 19.4 Å². The van der Waals surface area contributed by atoms with Crippen molar-refractivity contribution in [2.24, 2.45) is 0 Å². The maximum Gasteiger partial charge on any atom is 1.00 e. The third-order valence-corrected chi connectivity index (χ3v) is 2.82. The summed E-state index contributed by atoms with van der Waals surface area (Å²) >= 11 is 0. The number of aryl methyl sites for hydroxylation is 1. The first-order valence-corrected chi connectivity index (χ1v) is 4.72. The molecule has 1 aromatic carbocycles. The summed E-state index contributed by atoms with van der Waals surface area (Å²) in [4.78, 5) is 10.5. The SMILES string of the molecule is O=C([O-])CC1(O)CCc2ccc(F)cc21.[Li+]. The maximum atomic E-state index is 13.0. The number of aliphatic carboxylic acids is 1. The van der Waals surface area contributed by atoms with Crippen molar-refractivity contribution in [3.05, 3.63) is 35.1 Å². The zero-order valence-electron chi connectivity index (χ0n) is 9.00. The minimum absolute atomic E-state index is 0. The van der Waals surface area contributed by atoms with Gasteiger partial charge in [-0.3, -0.25) is 0 Å². The topological polar surface area (TPSA) is 60.4 Å². The van der Waals surface area contributed by atoms with Gasteiger partial charge < -0.3 is 15.0 Å². The van der Waals surface area contributed by atoms with Crippen molar-refractivity contribution in [1.29, 1.82) is 0 Å². The monoisotopic (exact) mass is 216 g/mol. The average molecular weight is 216 g/mol. The van der Waals surface area contributed by atoms with Crippen molar-refractivity contribution in [3.63, 3.8) is 0 Å². The van der Waals surface area contributed by atoms with Crippen molar-refractivity contribution >= 4 is 5.97 Å². The number of benzene rings is 1. The fraction of sp³-hybridized carbons (Fsp3) is 0.364. The van der Waals surface area contributed by atoms with Gasteiger partial charge in [-0.15, -0.1) is 0 Å². The van der Waals surface area contributed by atoms with E-state index in [1.807, 2.05) is 0 Å². The molecule has 0 radical (unpaired) electrons. The standard InChI is InChI=1S/C11H11FO3.Li/c12-8-2-1-7-3-4-11(15,6-10(13)14)9(7)5-8;/h1-2,5,15H,3-4,6H2,(H,13,14);/q;+1/p-1. The van der Waals surface area contributed by atoms with Crippen LogP contribution in [0.2, 0.25) is 0 Å². The largest absolute Gasteiger partial charge is 1.00 e.